The van der Waals surface area contributed by atoms with Crippen molar-refractivity contribution in [1.29, 1.82) is 0 Å². The van der Waals surface area contributed by atoms with E-state index in [-0.39, 0.29) is 35.5 Å². The molecular formula is C21H25NO5S. The highest BCUT2D eigenvalue weighted by Crippen LogP contribution is 2.34. The van der Waals surface area contributed by atoms with Crippen molar-refractivity contribution >= 4 is 34.2 Å². The first-order chi connectivity index (χ1) is 13.3. The number of amides is 1. The molecule has 0 fully saturated rings. The maximum Gasteiger partial charge on any atom is 0.348 e. The average molecular weight is 404 g/mol. The minimum atomic E-state index is -0.571. The van der Waals surface area contributed by atoms with Crippen LogP contribution in [0.1, 0.15) is 51.9 Å². The molecule has 150 valence electrons. The summed E-state index contributed by atoms with van der Waals surface area (Å²) in [5.74, 6) is -1.60. The Hall–Kier alpha value is -2.67. The van der Waals surface area contributed by atoms with Gasteiger partial charge in [-0.2, -0.15) is 0 Å². The molecule has 6 nitrogen and oxygen atoms in total. The van der Waals surface area contributed by atoms with Crippen molar-refractivity contribution in [3.63, 3.8) is 0 Å². The summed E-state index contributed by atoms with van der Waals surface area (Å²) in [6.07, 6.45) is 0.596. The lowest BCUT2D eigenvalue weighted by molar-refractivity contribution is -0.118. The number of hydrogen-bond acceptors (Lipinski definition) is 6. The SMILES string of the molecule is CCOC(=O)c1c(NC(=O)C(C)C)sc(C(=O)OCCc2ccccc2)c1C. The zero-order valence-corrected chi connectivity index (χ0v) is 17.4. The maximum atomic E-state index is 12.5. The topological polar surface area (TPSA) is 81.7 Å². The Balaban J connectivity index is 2.19. The molecule has 0 unspecified atom stereocenters. The number of ether oxygens (including phenoxy) is 2. The fraction of sp³-hybridized carbons (Fsp3) is 0.381. The van der Waals surface area contributed by atoms with Crippen molar-refractivity contribution in [2.45, 2.75) is 34.1 Å². The van der Waals surface area contributed by atoms with Crippen LogP contribution in [0.15, 0.2) is 30.3 Å². The molecule has 28 heavy (non-hydrogen) atoms. The molecule has 0 aliphatic heterocycles. The van der Waals surface area contributed by atoms with Gasteiger partial charge in [0.1, 0.15) is 9.88 Å². The lowest BCUT2D eigenvalue weighted by Gasteiger charge is -2.08. The Labute approximate surface area is 168 Å². The van der Waals surface area contributed by atoms with Gasteiger partial charge < -0.3 is 14.8 Å². The summed E-state index contributed by atoms with van der Waals surface area (Å²) in [6.45, 7) is 7.27. The van der Waals surface area contributed by atoms with E-state index in [1.54, 1.807) is 27.7 Å². The van der Waals surface area contributed by atoms with Gasteiger partial charge in [-0.05, 0) is 25.0 Å². The zero-order valence-electron chi connectivity index (χ0n) is 16.5. The maximum absolute atomic E-state index is 12.5. The number of thiophene rings is 1. The van der Waals surface area contributed by atoms with Crippen LogP contribution in [-0.4, -0.2) is 31.1 Å². The summed E-state index contributed by atoms with van der Waals surface area (Å²) in [5, 5.41) is 3.03. The van der Waals surface area contributed by atoms with E-state index in [0.717, 1.165) is 16.9 Å². The van der Waals surface area contributed by atoms with Crippen LogP contribution < -0.4 is 5.32 Å². The summed E-state index contributed by atoms with van der Waals surface area (Å²) in [6, 6.07) is 9.70. The second kappa shape index (κ2) is 10.0. The molecule has 0 spiro atoms. The van der Waals surface area contributed by atoms with E-state index >= 15 is 0 Å². The molecule has 0 saturated heterocycles. The van der Waals surface area contributed by atoms with Gasteiger partial charge in [-0.3, -0.25) is 4.79 Å². The molecule has 0 saturated carbocycles. The Morgan fingerprint density at radius 1 is 1.07 bits per heavy atom. The molecule has 0 bridgehead atoms. The second-order valence-electron chi connectivity index (χ2n) is 6.50. The van der Waals surface area contributed by atoms with Crippen molar-refractivity contribution in [2.75, 3.05) is 18.5 Å². The van der Waals surface area contributed by atoms with E-state index in [4.69, 9.17) is 9.47 Å². The van der Waals surface area contributed by atoms with Crippen LogP contribution in [0.2, 0.25) is 0 Å². The lowest BCUT2D eigenvalue weighted by Crippen LogP contribution is -2.19. The van der Waals surface area contributed by atoms with E-state index in [9.17, 15) is 14.4 Å². The summed E-state index contributed by atoms with van der Waals surface area (Å²) < 4.78 is 10.5. The first-order valence-corrected chi connectivity index (χ1v) is 9.99. The van der Waals surface area contributed by atoms with E-state index in [1.807, 2.05) is 30.3 Å². The van der Waals surface area contributed by atoms with E-state index in [1.165, 1.54) is 0 Å². The van der Waals surface area contributed by atoms with Crippen LogP contribution in [0.25, 0.3) is 0 Å². The Morgan fingerprint density at radius 2 is 1.75 bits per heavy atom. The summed E-state index contributed by atoms with van der Waals surface area (Å²) in [4.78, 5) is 37.3. The van der Waals surface area contributed by atoms with Crippen LogP contribution in [-0.2, 0) is 20.7 Å². The van der Waals surface area contributed by atoms with Crippen molar-refractivity contribution in [1.82, 2.24) is 0 Å². The normalized spacial score (nSPS) is 10.6. The minimum Gasteiger partial charge on any atom is -0.462 e. The molecule has 2 aromatic rings. The van der Waals surface area contributed by atoms with Gasteiger partial charge in [0.25, 0.3) is 0 Å². The zero-order chi connectivity index (χ0) is 20.7. The molecule has 2 rings (SSSR count). The number of anilines is 1. The number of esters is 2. The van der Waals surface area contributed by atoms with Gasteiger partial charge in [-0.1, -0.05) is 44.2 Å². The number of hydrogen-bond donors (Lipinski definition) is 1. The minimum absolute atomic E-state index is 0.197. The standard InChI is InChI=1S/C21H25NO5S/c1-5-26-20(24)16-14(4)17(28-19(16)22-18(23)13(2)3)21(25)27-12-11-15-9-7-6-8-10-15/h6-10,13H,5,11-12H2,1-4H3,(H,22,23). The Kier molecular flexibility index (Phi) is 7.75. The van der Waals surface area contributed by atoms with Gasteiger partial charge in [-0.25, -0.2) is 9.59 Å². The third-order valence-corrected chi connectivity index (χ3v) is 5.23. The number of rotatable bonds is 8. The summed E-state index contributed by atoms with van der Waals surface area (Å²) >= 11 is 1.03. The van der Waals surface area contributed by atoms with Gasteiger partial charge in [0.2, 0.25) is 5.91 Å². The van der Waals surface area contributed by atoms with E-state index in [0.29, 0.717) is 17.0 Å². The highest BCUT2D eigenvalue weighted by molar-refractivity contribution is 7.18. The van der Waals surface area contributed by atoms with Gasteiger partial charge in [0, 0.05) is 12.3 Å². The molecule has 0 atom stereocenters. The molecule has 1 N–H and O–H groups in total. The van der Waals surface area contributed by atoms with Crippen molar-refractivity contribution in [2.24, 2.45) is 5.92 Å². The quantitative estimate of drug-likeness (QED) is 0.667. The molecule has 7 heteroatoms. The molecule has 1 aromatic heterocycles. The molecule has 1 aromatic carbocycles. The van der Waals surface area contributed by atoms with Gasteiger partial charge in [0.05, 0.1) is 18.8 Å². The molecule has 0 radical (unpaired) electrons. The monoisotopic (exact) mass is 403 g/mol. The Bertz CT molecular complexity index is 842. The number of benzene rings is 1. The van der Waals surface area contributed by atoms with Gasteiger partial charge in [-0.15, -0.1) is 11.3 Å². The first-order valence-electron chi connectivity index (χ1n) is 9.17. The van der Waals surface area contributed by atoms with Crippen molar-refractivity contribution in [3.8, 4) is 0 Å². The van der Waals surface area contributed by atoms with Crippen molar-refractivity contribution < 1.29 is 23.9 Å². The molecule has 1 amide bonds. The predicted octanol–water partition coefficient (Wildman–Crippen LogP) is 4.23. The first kappa shape index (κ1) is 21.6. The highest BCUT2D eigenvalue weighted by atomic mass is 32.1. The number of carbonyl (C=O) groups is 3. The molecule has 1 heterocycles. The summed E-state index contributed by atoms with van der Waals surface area (Å²) in [5.41, 5.74) is 1.72. The van der Waals surface area contributed by atoms with Crippen LogP contribution >= 0.6 is 11.3 Å². The van der Waals surface area contributed by atoms with E-state index < -0.39 is 11.9 Å². The molecule has 0 aliphatic rings. The van der Waals surface area contributed by atoms with E-state index in [2.05, 4.69) is 5.32 Å². The van der Waals surface area contributed by atoms with Crippen LogP contribution in [0.5, 0.6) is 0 Å². The predicted molar refractivity (Wildman–Crippen MR) is 109 cm³/mol. The highest BCUT2D eigenvalue weighted by Gasteiger charge is 2.27. The summed E-state index contributed by atoms with van der Waals surface area (Å²) in [7, 11) is 0. The number of nitrogens with one attached hydrogen (secondary N) is 1. The fourth-order valence-electron chi connectivity index (χ4n) is 2.47. The smallest absolute Gasteiger partial charge is 0.348 e. The average Bonchev–Trinajstić information content (AvgIpc) is 2.98. The van der Waals surface area contributed by atoms with Crippen molar-refractivity contribution in [3.05, 3.63) is 51.9 Å². The largest absolute Gasteiger partial charge is 0.462 e. The van der Waals surface area contributed by atoms with Crippen LogP contribution in [0.3, 0.4) is 0 Å². The number of carbonyl (C=O) groups excluding carboxylic acids is 3. The third-order valence-electron chi connectivity index (χ3n) is 4.04. The van der Waals surface area contributed by atoms with Crippen LogP contribution in [0.4, 0.5) is 5.00 Å². The van der Waals surface area contributed by atoms with Crippen LogP contribution in [0, 0.1) is 12.8 Å². The lowest BCUT2D eigenvalue weighted by atomic mass is 10.1. The third kappa shape index (κ3) is 5.42. The van der Waals surface area contributed by atoms with Gasteiger partial charge in [0.15, 0.2) is 0 Å². The fourth-order valence-corrected chi connectivity index (χ4v) is 3.56. The Morgan fingerprint density at radius 3 is 2.36 bits per heavy atom. The van der Waals surface area contributed by atoms with Gasteiger partial charge >= 0.3 is 11.9 Å². The molecular weight excluding hydrogens is 378 g/mol. The molecule has 0 aliphatic carbocycles. The second-order valence-corrected chi connectivity index (χ2v) is 7.52.